The second-order valence-electron chi connectivity index (χ2n) is 7.33. The fourth-order valence-corrected chi connectivity index (χ4v) is 3.47. The SMILES string of the molecule is CC(C)(C)c1ccc(-c2nnc(-c3ccc(-c4ccsc4)cc3)o2)cc1. The molecule has 0 saturated carbocycles. The molecule has 0 radical (unpaired) electrons. The van der Waals surface area contributed by atoms with Crippen LogP contribution in [0.5, 0.6) is 0 Å². The molecule has 0 atom stereocenters. The van der Waals surface area contributed by atoms with Crippen LogP contribution in [0.1, 0.15) is 26.3 Å². The molecular formula is C22H20N2OS. The van der Waals surface area contributed by atoms with Gasteiger partial charge < -0.3 is 4.42 Å². The van der Waals surface area contributed by atoms with Gasteiger partial charge >= 0.3 is 0 Å². The number of benzene rings is 2. The predicted octanol–water partition coefficient (Wildman–Crippen LogP) is 6.43. The molecule has 0 spiro atoms. The van der Waals surface area contributed by atoms with Crippen molar-refractivity contribution in [3.8, 4) is 34.0 Å². The largest absolute Gasteiger partial charge is 0.416 e. The van der Waals surface area contributed by atoms with E-state index < -0.39 is 0 Å². The van der Waals surface area contributed by atoms with Crippen LogP contribution in [0.15, 0.2) is 69.8 Å². The highest BCUT2D eigenvalue weighted by Gasteiger charge is 2.15. The molecule has 2 aromatic heterocycles. The molecule has 3 nitrogen and oxygen atoms in total. The van der Waals surface area contributed by atoms with Crippen molar-refractivity contribution in [1.82, 2.24) is 10.2 Å². The summed E-state index contributed by atoms with van der Waals surface area (Å²) >= 11 is 1.70. The van der Waals surface area contributed by atoms with E-state index in [1.807, 2.05) is 24.3 Å². The fraction of sp³-hybridized carbons (Fsp3) is 0.182. The lowest BCUT2D eigenvalue weighted by atomic mass is 9.87. The maximum atomic E-state index is 5.89. The monoisotopic (exact) mass is 360 g/mol. The first-order valence-electron chi connectivity index (χ1n) is 8.58. The number of hydrogen-bond donors (Lipinski definition) is 0. The third-order valence-corrected chi connectivity index (χ3v) is 5.09. The Bertz CT molecular complexity index is 992. The van der Waals surface area contributed by atoms with Gasteiger partial charge in [0.2, 0.25) is 11.8 Å². The van der Waals surface area contributed by atoms with Gasteiger partial charge in [-0.1, -0.05) is 45.0 Å². The molecule has 0 unspecified atom stereocenters. The summed E-state index contributed by atoms with van der Waals surface area (Å²) < 4.78 is 5.89. The zero-order chi connectivity index (χ0) is 18.1. The van der Waals surface area contributed by atoms with Crippen molar-refractivity contribution >= 4 is 11.3 Å². The highest BCUT2D eigenvalue weighted by atomic mass is 32.1. The van der Waals surface area contributed by atoms with E-state index in [2.05, 4.69) is 72.1 Å². The van der Waals surface area contributed by atoms with Crippen LogP contribution in [0, 0.1) is 0 Å². The van der Waals surface area contributed by atoms with Crippen molar-refractivity contribution in [2.24, 2.45) is 0 Å². The summed E-state index contributed by atoms with van der Waals surface area (Å²) in [7, 11) is 0. The van der Waals surface area contributed by atoms with Gasteiger partial charge in [0.1, 0.15) is 0 Å². The van der Waals surface area contributed by atoms with E-state index in [-0.39, 0.29) is 5.41 Å². The minimum absolute atomic E-state index is 0.128. The molecule has 4 rings (SSSR count). The highest BCUT2D eigenvalue weighted by molar-refractivity contribution is 7.08. The molecule has 0 aliphatic rings. The first-order chi connectivity index (χ1) is 12.5. The second kappa shape index (κ2) is 6.54. The van der Waals surface area contributed by atoms with Gasteiger partial charge in [0.15, 0.2) is 0 Å². The zero-order valence-electron chi connectivity index (χ0n) is 15.1. The molecule has 4 heteroatoms. The van der Waals surface area contributed by atoms with Gasteiger partial charge in [0.05, 0.1) is 0 Å². The number of nitrogens with zero attached hydrogens (tertiary/aromatic N) is 2. The van der Waals surface area contributed by atoms with Crippen molar-refractivity contribution < 1.29 is 4.42 Å². The van der Waals surface area contributed by atoms with E-state index in [1.54, 1.807) is 11.3 Å². The average Bonchev–Trinajstić information content (AvgIpc) is 3.33. The second-order valence-corrected chi connectivity index (χ2v) is 8.11. The van der Waals surface area contributed by atoms with E-state index in [9.17, 15) is 0 Å². The average molecular weight is 360 g/mol. The Morgan fingerprint density at radius 2 is 1.23 bits per heavy atom. The van der Waals surface area contributed by atoms with Gasteiger partial charge in [0.25, 0.3) is 0 Å². The standard InChI is InChI=1S/C22H20N2OS/c1-22(2,3)19-10-8-17(9-11-19)21-24-23-20(25-21)16-6-4-15(5-7-16)18-12-13-26-14-18/h4-14H,1-3H3. The Balaban J connectivity index is 1.58. The molecule has 26 heavy (non-hydrogen) atoms. The Kier molecular flexibility index (Phi) is 4.21. The molecular weight excluding hydrogens is 340 g/mol. The molecule has 130 valence electrons. The molecule has 2 aromatic carbocycles. The molecule has 0 amide bonds. The molecule has 2 heterocycles. The van der Waals surface area contributed by atoms with Gasteiger partial charge in [-0.3, -0.25) is 0 Å². The quantitative estimate of drug-likeness (QED) is 0.422. The third kappa shape index (κ3) is 3.33. The summed E-state index contributed by atoms with van der Waals surface area (Å²) in [6, 6.07) is 18.6. The lowest BCUT2D eigenvalue weighted by molar-refractivity contribution is 0.582. The topological polar surface area (TPSA) is 38.9 Å². The zero-order valence-corrected chi connectivity index (χ0v) is 15.9. The highest BCUT2D eigenvalue weighted by Crippen LogP contribution is 2.29. The Morgan fingerprint density at radius 3 is 1.73 bits per heavy atom. The fourth-order valence-electron chi connectivity index (χ4n) is 2.80. The van der Waals surface area contributed by atoms with Crippen molar-refractivity contribution in [3.63, 3.8) is 0 Å². The van der Waals surface area contributed by atoms with E-state index in [0.717, 1.165) is 11.1 Å². The van der Waals surface area contributed by atoms with Crippen molar-refractivity contribution in [3.05, 3.63) is 70.9 Å². The van der Waals surface area contributed by atoms with E-state index in [0.29, 0.717) is 11.8 Å². The maximum absolute atomic E-state index is 5.89. The first kappa shape index (κ1) is 16.7. The smallest absolute Gasteiger partial charge is 0.248 e. The molecule has 4 aromatic rings. The number of aromatic nitrogens is 2. The van der Waals surface area contributed by atoms with Gasteiger partial charge in [-0.25, -0.2) is 0 Å². The van der Waals surface area contributed by atoms with Crippen molar-refractivity contribution in [2.75, 3.05) is 0 Å². The Morgan fingerprint density at radius 1 is 0.692 bits per heavy atom. The minimum Gasteiger partial charge on any atom is -0.416 e. The van der Waals surface area contributed by atoms with Crippen LogP contribution >= 0.6 is 11.3 Å². The molecule has 0 aliphatic heterocycles. The van der Waals surface area contributed by atoms with Crippen LogP contribution in [-0.4, -0.2) is 10.2 Å². The summed E-state index contributed by atoms with van der Waals surface area (Å²) in [6.45, 7) is 6.60. The van der Waals surface area contributed by atoms with Gasteiger partial charge in [-0.15, -0.1) is 10.2 Å². The minimum atomic E-state index is 0.128. The van der Waals surface area contributed by atoms with E-state index >= 15 is 0 Å². The summed E-state index contributed by atoms with van der Waals surface area (Å²) in [4.78, 5) is 0. The van der Waals surface area contributed by atoms with Crippen molar-refractivity contribution in [2.45, 2.75) is 26.2 Å². The predicted molar refractivity (Wildman–Crippen MR) is 107 cm³/mol. The van der Waals surface area contributed by atoms with E-state index in [1.165, 1.54) is 16.7 Å². The van der Waals surface area contributed by atoms with E-state index in [4.69, 9.17) is 4.42 Å². The number of rotatable bonds is 3. The summed E-state index contributed by atoms with van der Waals surface area (Å²) in [5, 5.41) is 12.6. The summed E-state index contributed by atoms with van der Waals surface area (Å²) in [6.07, 6.45) is 0. The normalized spacial score (nSPS) is 11.7. The lowest BCUT2D eigenvalue weighted by Gasteiger charge is -2.18. The first-order valence-corrected chi connectivity index (χ1v) is 9.52. The van der Waals surface area contributed by atoms with Gasteiger partial charge in [-0.2, -0.15) is 11.3 Å². The number of thiophene rings is 1. The molecule has 0 aliphatic carbocycles. The third-order valence-electron chi connectivity index (χ3n) is 4.41. The molecule has 0 bridgehead atoms. The van der Waals surface area contributed by atoms with Crippen LogP contribution in [0.25, 0.3) is 34.0 Å². The Hall–Kier alpha value is -2.72. The Labute approximate surface area is 157 Å². The number of hydrogen-bond acceptors (Lipinski definition) is 4. The molecule has 0 saturated heterocycles. The van der Waals surface area contributed by atoms with Crippen LogP contribution in [0.4, 0.5) is 0 Å². The van der Waals surface area contributed by atoms with Crippen LogP contribution in [0.2, 0.25) is 0 Å². The molecule has 0 N–H and O–H groups in total. The van der Waals surface area contributed by atoms with Gasteiger partial charge in [0, 0.05) is 11.1 Å². The lowest BCUT2D eigenvalue weighted by Crippen LogP contribution is -2.10. The summed E-state index contributed by atoms with van der Waals surface area (Å²) in [5.41, 5.74) is 5.69. The van der Waals surface area contributed by atoms with Crippen LogP contribution in [-0.2, 0) is 5.41 Å². The molecule has 0 fully saturated rings. The van der Waals surface area contributed by atoms with Crippen LogP contribution in [0.3, 0.4) is 0 Å². The maximum Gasteiger partial charge on any atom is 0.248 e. The summed E-state index contributed by atoms with van der Waals surface area (Å²) in [5.74, 6) is 1.08. The van der Waals surface area contributed by atoms with Crippen molar-refractivity contribution in [1.29, 1.82) is 0 Å². The van der Waals surface area contributed by atoms with Crippen LogP contribution < -0.4 is 0 Å². The van der Waals surface area contributed by atoms with Gasteiger partial charge in [-0.05, 0) is 63.2 Å².